The zero-order chi connectivity index (χ0) is 15.7. The van der Waals surface area contributed by atoms with Gasteiger partial charge in [0.1, 0.15) is 0 Å². The number of nitrogens with zero attached hydrogens (tertiary/aromatic N) is 3. The van der Waals surface area contributed by atoms with Crippen molar-refractivity contribution in [3.63, 3.8) is 0 Å². The Kier molecular flexibility index (Phi) is 4.61. The number of urea groups is 1. The highest BCUT2D eigenvalue weighted by Crippen LogP contribution is 2.27. The lowest BCUT2D eigenvalue weighted by molar-refractivity contribution is 0.155. The van der Waals surface area contributed by atoms with Crippen molar-refractivity contribution < 1.29 is 13.2 Å². The predicted octanol–water partition coefficient (Wildman–Crippen LogP) is -0.1000. The van der Waals surface area contributed by atoms with Crippen molar-refractivity contribution in [3.05, 3.63) is 0 Å². The Hall–Kier alpha value is -0.860. The SMILES string of the molecule is CS(=O)(=O)N1CCN(C(=O)N[C@H]2CCN3CCCC[C@H]23)CC1. The molecule has 0 saturated carbocycles. The molecule has 0 unspecified atom stereocenters. The number of piperidine rings is 1. The smallest absolute Gasteiger partial charge is 0.317 e. The van der Waals surface area contributed by atoms with E-state index in [0.717, 1.165) is 19.5 Å². The first-order valence-electron chi connectivity index (χ1n) is 8.20. The Morgan fingerprint density at radius 1 is 1.00 bits per heavy atom. The number of carbonyl (C=O) groups excluding carboxylic acids is 1. The van der Waals surface area contributed by atoms with Crippen molar-refractivity contribution in [2.45, 2.75) is 37.8 Å². The highest BCUT2D eigenvalue weighted by Gasteiger charge is 2.37. The molecule has 3 aliphatic rings. The van der Waals surface area contributed by atoms with Gasteiger partial charge in [0.25, 0.3) is 0 Å². The zero-order valence-electron chi connectivity index (χ0n) is 13.2. The van der Waals surface area contributed by atoms with E-state index < -0.39 is 10.0 Å². The molecule has 8 heteroatoms. The minimum atomic E-state index is -3.14. The van der Waals surface area contributed by atoms with Crippen molar-refractivity contribution in [3.8, 4) is 0 Å². The molecule has 0 aromatic carbocycles. The molecule has 0 spiro atoms. The summed E-state index contributed by atoms with van der Waals surface area (Å²) in [5.74, 6) is 0. The van der Waals surface area contributed by atoms with Crippen LogP contribution >= 0.6 is 0 Å². The third-order valence-electron chi connectivity index (χ3n) is 5.16. The van der Waals surface area contributed by atoms with Crippen molar-refractivity contribution in [2.75, 3.05) is 45.5 Å². The average Bonchev–Trinajstić information content (AvgIpc) is 2.90. The fraction of sp³-hybridized carbons (Fsp3) is 0.929. The molecule has 22 heavy (non-hydrogen) atoms. The fourth-order valence-corrected chi connectivity index (χ4v) is 4.72. The van der Waals surface area contributed by atoms with Crippen LogP contribution in [0.25, 0.3) is 0 Å². The summed E-state index contributed by atoms with van der Waals surface area (Å²) >= 11 is 0. The Balaban J connectivity index is 1.51. The second-order valence-corrected chi connectivity index (χ2v) is 8.58. The molecule has 2 atom stereocenters. The van der Waals surface area contributed by atoms with Gasteiger partial charge in [-0.05, 0) is 25.8 Å². The molecule has 0 radical (unpaired) electrons. The third-order valence-corrected chi connectivity index (χ3v) is 6.46. The van der Waals surface area contributed by atoms with Crippen LogP contribution < -0.4 is 5.32 Å². The molecule has 0 aromatic heterocycles. The number of hydrogen-bond donors (Lipinski definition) is 1. The normalized spacial score (nSPS) is 31.0. The topological polar surface area (TPSA) is 73.0 Å². The Labute approximate surface area is 132 Å². The highest BCUT2D eigenvalue weighted by molar-refractivity contribution is 7.88. The van der Waals surface area contributed by atoms with Gasteiger partial charge in [0.05, 0.1) is 6.26 Å². The lowest BCUT2D eigenvalue weighted by atomic mass is 9.99. The summed E-state index contributed by atoms with van der Waals surface area (Å²) in [6.07, 6.45) is 5.94. The van der Waals surface area contributed by atoms with Crippen LogP contribution in [0, 0.1) is 0 Å². The van der Waals surface area contributed by atoms with E-state index in [1.807, 2.05) is 0 Å². The van der Waals surface area contributed by atoms with Crippen LogP contribution in [-0.2, 0) is 10.0 Å². The Morgan fingerprint density at radius 3 is 2.41 bits per heavy atom. The van der Waals surface area contributed by atoms with Gasteiger partial charge in [-0.2, -0.15) is 4.31 Å². The molecule has 3 aliphatic heterocycles. The number of nitrogens with one attached hydrogen (secondary N) is 1. The number of piperazine rings is 1. The molecule has 7 nitrogen and oxygen atoms in total. The van der Waals surface area contributed by atoms with Crippen molar-refractivity contribution >= 4 is 16.1 Å². The number of sulfonamides is 1. The van der Waals surface area contributed by atoms with Gasteiger partial charge in [-0.25, -0.2) is 13.2 Å². The number of carbonyl (C=O) groups is 1. The zero-order valence-corrected chi connectivity index (χ0v) is 14.0. The molecule has 3 heterocycles. The first-order valence-corrected chi connectivity index (χ1v) is 10.0. The maximum atomic E-state index is 12.4. The summed E-state index contributed by atoms with van der Waals surface area (Å²) < 4.78 is 24.4. The van der Waals surface area contributed by atoms with Crippen molar-refractivity contribution in [1.82, 2.24) is 19.4 Å². The monoisotopic (exact) mass is 330 g/mol. The van der Waals surface area contributed by atoms with Crippen LogP contribution in [0.4, 0.5) is 4.79 Å². The van der Waals surface area contributed by atoms with Gasteiger partial charge in [-0.3, -0.25) is 4.90 Å². The second kappa shape index (κ2) is 6.33. The van der Waals surface area contributed by atoms with E-state index >= 15 is 0 Å². The van der Waals surface area contributed by atoms with Crippen LogP contribution in [0.2, 0.25) is 0 Å². The van der Waals surface area contributed by atoms with Gasteiger partial charge >= 0.3 is 6.03 Å². The van der Waals surface area contributed by atoms with E-state index in [-0.39, 0.29) is 12.1 Å². The number of fused-ring (bicyclic) bond motifs is 1. The lowest BCUT2D eigenvalue weighted by Crippen LogP contribution is -2.56. The second-order valence-electron chi connectivity index (χ2n) is 6.59. The van der Waals surface area contributed by atoms with Crippen LogP contribution in [0.5, 0.6) is 0 Å². The van der Waals surface area contributed by atoms with Crippen molar-refractivity contribution in [2.24, 2.45) is 0 Å². The van der Waals surface area contributed by atoms with Gasteiger partial charge in [-0.15, -0.1) is 0 Å². The van der Waals surface area contributed by atoms with Crippen molar-refractivity contribution in [1.29, 1.82) is 0 Å². The quantitative estimate of drug-likeness (QED) is 0.767. The summed E-state index contributed by atoms with van der Waals surface area (Å²) in [5, 5.41) is 3.18. The standard InChI is InChI=1S/C14H26N4O3S/c1-22(20,21)18-10-8-17(9-11-18)14(19)15-12-5-7-16-6-3-2-4-13(12)16/h12-13H,2-11H2,1H3,(H,15,19)/t12-,13+/m0/s1. The molecule has 1 N–H and O–H groups in total. The van der Waals surface area contributed by atoms with Gasteiger partial charge in [0.2, 0.25) is 10.0 Å². The Bertz CT molecular complexity index is 516. The fourth-order valence-electron chi connectivity index (χ4n) is 3.89. The maximum absolute atomic E-state index is 12.4. The highest BCUT2D eigenvalue weighted by atomic mass is 32.2. The minimum Gasteiger partial charge on any atom is -0.334 e. The first-order chi connectivity index (χ1) is 10.4. The molecule has 0 bridgehead atoms. The first kappa shape index (κ1) is 16.0. The number of amides is 2. The molecule has 3 saturated heterocycles. The summed E-state index contributed by atoms with van der Waals surface area (Å²) in [4.78, 5) is 16.7. The van der Waals surface area contributed by atoms with E-state index in [9.17, 15) is 13.2 Å². The van der Waals surface area contributed by atoms with Gasteiger partial charge in [-0.1, -0.05) is 6.42 Å². The Morgan fingerprint density at radius 2 is 1.73 bits per heavy atom. The third kappa shape index (κ3) is 3.38. The minimum absolute atomic E-state index is 0.0365. The predicted molar refractivity (Wildman–Crippen MR) is 84.1 cm³/mol. The molecule has 0 aliphatic carbocycles. The molecule has 0 aromatic rings. The van der Waals surface area contributed by atoms with Crippen LogP contribution in [0.15, 0.2) is 0 Å². The summed E-state index contributed by atoms with van der Waals surface area (Å²) in [7, 11) is -3.14. The van der Waals surface area contributed by atoms with Gasteiger partial charge in [0.15, 0.2) is 0 Å². The number of rotatable bonds is 2. The van der Waals surface area contributed by atoms with E-state index in [1.165, 1.54) is 29.8 Å². The van der Waals surface area contributed by atoms with E-state index in [1.54, 1.807) is 4.90 Å². The summed E-state index contributed by atoms with van der Waals surface area (Å²) in [5.41, 5.74) is 0. The summed E-state index contributed by atoms with van der Waals surface area (Å²) in [6.45, 7) is 3.97. The number of hydrogen-bond acceptors (Lipinski definition) is 4. The molecular weight excluding hydrogens is 304 g/mol. The largest absolute Gasteiger partial charge is 0.334 e. The van der Waals surface area contributed by atoms with E-state index in [0.29, 0.717) is 32.2 Å². The van der Waals surface area contributed by atoms with Crippen LogP contribution in [0.3, 0.4) is 0 Å². The lowest BCUT2D eigenvalue weighted by Gasteiger charge is -2.36. The van der Waals surface area contributed by atoms with Crippen LogP contribution in [0.1, 0.15) is 25.7 Å². The molecule has 126 valence electrons. The van der Waals surface area contributed by atoms with E-state index in [4.69, 9.17) is 0 Å². The molecule has 3 fully saturated rings. The molecule has 2 amide bonds. The average molecular weight is 330 g/mol. The maximum Gasteiger partial charge on any atom is 0.317 e. The van der Waals surface area contributed by atoms with Crippen LogP contribution in [-0.4, -0.2) is 86.2 Å². The molecule has 3 rings (SSSR count). The molecular formula is C14H26N4O3S. The van der Waals surface area contributed by atoms with Gasteiger partial charge in [0, 0.05) is 44.8 Å². The summed E-state index contributed by atoms with van der Waals surface area (Å²) in [6, 6.07) is 0.710. The van der Waals surface area contributed by atoms with E-state index in [2.05, 4.69) is 10.2 Å². The van der Waals surface area contributed by atoms with Gasteiger partial charge < -0.3 is 10.2 Å².